The quantitative estimate of drug-likeness (QED) is 0.160. The van der Waals surface area contributed by atoms with Gasteiger partial charge in [0.05, 0.1) is 5.69 Å². The number of fused-ring (bicyclic) bond motifs is 6. The van der Waals surface area contributed by atoms with E-state index in [0.717, 1.165) is 44.9 Å². The first kappa shape index (κ1) is 32.0. The van der Waals surface area contributed by atoms with Crippen LogP contribution >= 0.6 is 0 Å². The fourth-order valence-electron chi connectivity index (χ4n) is 8.43. The molecule has 0 bridgehead atoms. The first-order valence-corrected chi connectivity index (χ1v) is 19.2. The largest absolute Gasteiger partial charge is 0.456 e. The van der Waals surface area contributed by atoms with Crippen LogP contribution < -0.4 is 4.90 Å². The van der Waals surface area contributed by atoms with E-state index in [-0.39, 0.29) is 0 Å². The lowest BCUT2D eigenvalue weighted by Crippen LogP contribution is -2.10. The minimum absolute atomic E-state index is 0.872. The zero-order valence-electron chi connectivity index (χ0n) is 30.6. The van der Waals surface area contributed by atoms with Crippen LogP contribution in [-0.4, -0.2) is 0 Å². The normalized spacial score (nSPS) is 11.6. The van der Waals surface area contributed by atoms with Crippen LogP contribution in [0.25, 0.3) is 87.6 Å². The fraction of sp³-hybridized carbons (Fsp3) is 0. The second-order valence-electron chi connectivity index (χ2n) is 14.5. The molecule has 0 saturated carbocycles. The van der Waals surface area contributed by atoms with Crippen molar-refractivity contribution in [1.82, 2.24) is 0 Å². The van der Waals surface area contributed by atoms with Crippen molar-refractivity contribution in [2.24, 2.45) is 0 Å². The standard InChI is InChI=1S/C54H35NO/c1-2-12-39-32-40(22-20-36(39)10-1)37-24-26-45(27-25-37)55(46-28-29-48-42(34-46)23-21-38-11-3-5-16-47(38)48)52-31-30-49(50-17-6-7-18-51(50)52)41-14-9-15-43(33-41)54-35-44-13-4-8-19-53(44)56-54/h1-35H. The average molecular weight is 714 g/mol. The Balaban J connectivity index is 1.06. The Kier molecular flexibility index (Phi) is 7.53. The molecule has 0 amide bonds. The molecule has 2 nitrogen and oxygen atoms in total. The van der Waals surface area contributed by atoms with Gasteiger partial charge in [-0.1, -0.05) is 158 Å². The van der Waals surface area contributed by atoms with Gasteiger partial charge in [-0.15, -0.1) is 0 Å². The van der Waals surface area contributed by atoms with Gasteiger partial charge in [0.25, 0.3) is 0 Å². The first-order valence-electron chi connectivity index (χ1n) is 19.2. The molecule has 0 aliphatic heterocycles. The van der Waals surface area contributed by atoms with Crippen molar-refractivity contribution in [2.45, 2.75) is 0 Å². The van der Waals surface area contributed by atoms with Gasteiger partial charge in [0.15, 0.2) is 0 Å². The van der Waals surface area contributed by atoms with Crippen molar-refractivity contribution in [2.75, 3.05) is 4.90 Å². The topological polar surface area (TPSA) is 16.4 Å². The first-order chi connectivity index (χ1) is 27.7. The van der Waals surface area contributed by atoms with Crippen molar-refractivity contribution in [3.63, 3.8) is 0 Å². The van der Waals surface area contributed by atoms with Crippen LogP contribution in [0.1, 0.15) is 0 Å². The highest BCUT2D eigenvalue weighted by Crippen LogP contribution is 2.44. The third kappa shape index (κ3) is 5.51. The number of nitrogens with zero attached hydrogens (tertiary/aromatic N) is 1. The number of rotatable bonds is 6. The molecule has 0 radical (unpaired) electrons. The second kappa shape index (κ2) is 13.2. The van der Waals surface area contributed by atoms with Crippen molar-refractivity contribution in [3.05, 3.63) is 212 Å². The summed E-state index contributed by atoms with van der Waals surface area (Å²) in [4.78, 5) is 2.41. The SMILES string of the molecule is c1cc(-c2cc3ccccc3o2)cc(-c2ccc(N(c3ccc(-c4ccc5ccccc5c4)cc3)c3ccc4c(ccc5ccccc54)c3)c3ccccc23)c1. The van der Waals surface area contributed by atoms with E-state index in [1.165, 1.54) is 59.8 Å². The van der Waals surface area contributed by atoms with Crippen molar-refractivity contribution < 1.29 is 4.42 Å². The van der Waals surface area contributed by atoms with E-state index < -0.39 is 0 Å². The third-order valence-corrected chi connectivity index (χ3v) is 11.2. The smallest absolute Gasteiger partial charge is 0.135 e. The van der Waals surface area contributed by atoms with Crippen LogP contribution in [0.5, 0.6) is 0 Å². The minimum atomic E-state index is 0.872. The monoisotopic (exact) mass is 713 g/mol. The Morgan fingerprint density at radius 1 is 0.304 bits per heavy atom. The fourth-order valence-corrected chi connectivity index (χ4v) is 8.43. The number of anilines is 3. The third-order valence-electron chi connectivity index (χ3n) is 11.2. The number of furan rings is 1. The number of benzene rings is 10. The van der Waals surface area contributed by atoms with Gasteiger partial charge in [0, 0.05) is 27.7 Å². The molecule has 0 saturated heterocycles. The van der Waals surface area contributed by atoms with Gasteiger partial charge in [-0.25, -0.2) is 0 Å². The van der Waals surface area contributed by atoms with Gasteiger partial charge in [-0.05, 0) is 115 Å². The van der Waals surface area contributed by atoms with Gasteiger partial charge in [0.1, 0.15) is 11.3 Å². The van der Waals surface area contributed by atoms with Gasteiger partial charge in [-0.2, -0.15) is 0 Å². The molecule has 0 spiro atoms. The summed E-state index contributed by atoms with van der Waals surface area (Å²) in [5, 5.41) is 10.9. The highest BCUT2D eigenvalue weighted by atomic mass is 16.3. The lowest BCUT2D eigenvalue weighted by molar-refractivity contribution is 0.631. The molecule has 262 valence electrons. The van der Waals surface area contributed by atoms with E-state index in [1.54, 1.807) is 0 Å². The summed E-state index contributed by atoms with van der Waals surface area (Å²) in [6.45, 7) is 0. The van der Waals surface area contributed by atoms with Crippen LogP contribution in [0.4, 0.5) is 17.1 Å². The Labute approximate surface area is 325 Å². The zero-order chi connectivity index (χ0) is 37.0. The molecule has 1 heterocycles. The highest BCUT2D eigenvalue weighted by Gasteiger charge is 2.19. The van der Waals surface area contributed by atoms with Gasteiger partial charge in [0.2, 0.25) is 0 Å². The summed E-state index contributed by atoms with van der Waals surface area (Å²) >= 11 is 0. The average Bonchev–Trinajstić information content (AvgIpc) is 3.71. The number of hydrogen-bond donors (Lipinski definition) is 0. The Hall–Kier alpha value is -7.42. The summed E-state index contributed by atoms with van der Waals surface area (Å²) in [5.74, 6) is 0.872. The molecule has 0 N–H and O–H groups in total. The summed E-state index contributed by atoms with van der Waals surface area (Å²) in [6, 6.07) is 76.6. The van der Waals surface area contributed by atoms with E-state index in [1.807, 2.05) is 18.2 Å². The number of hydrogen-bond acceptors (Lipinski definition) is 2. The van der Waals surface area contributed by atoms with Gasteiger partial charge >= 0.3 is 0 Å². The summed E-state index contributed by atoms with van der Waals surface area (Å²) in [5.41, 5.74) is 10.0. The van der Waals surface area contributed by atoms with Gasteiger partial charge < -0.3 is 9.32 Å². The van der Waals surface area contributed by atoms with Crippen molar-refractivity contribution in [1.29, 1.82) is 0 Å². The Bertz CT molecular complexity index is 3230. The molecular formula is C54H35NO. The van der Waals surface area contributed by atoms with Crippen LogP contribution in [0.3, 0.4) is 0 Å². The molecule has 0 atom stereocenters. The maximum Gasteiger partial charge on any atom is 0.135 e. The Morgan fingerprint density at radius 3 is 1.80 bits per heavy atom. The molecule has 11 rings (SSSR count). The number of para-hydroxylation sites is 1. The highest BCUT2D eigenvalue weighted by molar-refractivity contribution is 6.10. The van der Waals surface area contributed by atoms with Crippen molar-refractivity contribution >= 4 is 71.1 Å². The molecule has 0 fully saturated rings. The molecule has 0 unspecified atom stereocenters. The van der Waals surface area contributed by atoms with Crippen LogP contribution in [0.2, 0.25) is 0 Å². The zero-order valence-corrected chi connectivity index (χ0v) is 30.6. The molecule has 0 aliphatic rings. The molecule has 2 heteroatoms. The minimum Gasteiger partial charge on any atom is -0.456 e. The summed E-state index contributed by atoms with van der Waals surface area (Å²) in [7, 11) is 0. The maximum absolute atomic E-state index is 6.28. The van der Waals surface area contributed by atoms with E-state index in [4.69, 9.17) is 4.42 Å². The summed E-state index contributed by atoms with van der Waals surface area (Å²) < 4.78 is 6.28. The van der Waals surface area contributed by atoms with E-state index >= 15 is 0 Å². The molecule has 10 aromatic carbocycles. The molecular weight excluding hydrogens is 679 g/mol. The molecule has 0 aliphatic carbocycles. The molecule has 1 aromatic heterocycles. The second-order valence-corrected chi connectivity index (χ2v) is 14.5. The van der Waals surface area contributed by atoms with Crippen LogP contribution in [0.15, 0.2) is 217 Å². The summed E-state index contributed by atoms with van der Waals surface area (Å²) in [6.07, 6.45) is 0. The van der Waals surface area contributed by atoms with Crippen molar-refractivity contribution in [3.8, 4) is 33.6 Å². The lowest BCUT2D eigenvalue weighted by Gasteiger charge is -2.28. The van der Waals surface area contributed by atoms with Gasteiger partial charge in [-0.3, -0.25) is 0 Å². The van der Waals surface area contributed by atoms with Crippen LogP contribution in [0, 0.1) is 0 Å². The van der Waals surface area contributed by atoms with E-state index in [2.05, 4.69) is 199 Å². The molecule has 11 aromatic rings. The predicted molar refractivity (Wildman–Crippen MR) is 237 cm³/mol. The predicted octanol–water partition coefficient (Wildman–Crippen LogP) is 15.5. The maximum atomic E-state index is 6.28. The molecule has 56 heavy (non-hydrogen) atoms. The van der Waals surface area contributed by atoms with E-state index in [0.29, 0.717) is 0 Å². The lowest BCUT2D eigenvalue weighted by atomic mass is 9.94. The Morgan fingerprint density at radius 2 is 0.946 bits per heavy atom. The van der Waals surface area contributed by atoms with E-state index in [9.17, 15) is 0 Å². The van der Waals surface area contributed by atoms with Crippen LogP contribution in [-0.2, 0) is 0 Å².